The van der Waals surface area contributed by atoms with E-state index in [2.05, 4.69) is 25.9 Å². The number of ether oxygens (including phenoxy) is 1. The zero-order chi connectivity index (χ0) is 11.5. The van der Waals surface area contributed by atoms with Gasteiger partial charge in [-0.1, -0.05) is 20.8 Å². The van der Waals surface area contributed by atoms with Crippen LogP contribution in [-0.4, -0.2) is 16.4 Å². The molecule has 0 aromatic carbocycles. The molecular weight excluding hydrogens is 190 g/mol. The maximum absolute atomic E-state index is 5.57. The minimum Gasteiger partial charge on any atom is -0.382 e. The van der Waals surface area contributed by atoms with Gasteiger partial charge in [-0.05, 0) is 18.8 Å². The van der Waals surface area contributed by atoms with Gasteiger partial charge in [-0.2, -0.15) is 5.10 Å². The molecule has 0 unspecified atom stereocenters. The predicted molar refractivity (Wildman–Crippen MR) is 61.4 cm³/mol. The Kier molecular flexibility index (Phi) is 3.74. The molecule has 1 aromatic heterocycles. The van der Waals surface area contributed by atoms with Crippen LogP contribution in [-0.2, 0) is 11.5 Å². The van der Waals surface area contributed by atoms with Crippen LogP contribution in [0.5, 0.6) is 0 Å². The molecule has 0 aliphatic carbocycles. The number of hydrogen-bond donors (Lipinski definition) is 1. The van der Waals surface area contributed by atoms with Crippen LogP contribution in [0.3, 0.4) is 0 Å². The van der Waals surface area contributed by atoms with Crippen molar-refractivity contribution in [2.45, 2.75) is 40.8 Å². The van der Waals surface area contributed by atoms with Gasteiger partial charge in [0.25, 0.3) is 0 Å². The van der Waals surface area contributed by atoms with E-state index in [1.807, 2.05) is 13.0 Å². The smallest absolute Gasteiger partial charge is 0.145 e. The summed E-state index contributed by atoms with van der Waals surface area (Å²) in [6.07, 6.45) is 1.04. The van der Waals surface area contributed by atoms with Crippen LogP contribution in [0.15, 0.2) is 6.07 Å². The van der Waals surface area contributed by atoms with Gasteiger partial charge in [-0.25, -0.2) is 4.68 Å². The average Bonchev–Trinajstić information content (AvgIpc) is 2.37. The molecule has 1 rings (SSSR count). The summed E-state index contributed by atoms with van der Waals surface area (Å²) in [6.45, 7) is 9.81. The average molecular weight is 211 g/mol. The summed E-state index contributed by atoms with van der Waals surface area (Å²) in [5.74, 6) is 0.548. The van der Waals surface area contributed by atoms with Crippen molar-refractivity contribution in [2.75, 3.05) is 12.3 Å². The van der Waals surface area contributed by atoms with Gasteiger partial charge in [0.1, 0.15) is 12.5 Å². The number of aryl methyl sites for hydroxylation is 1. The standard InChI is InChI=1S/C11H21N3O/c1-9-7-10(12)13-14(9)8-15-6-5-11(2,3)4/h7H,5-6,8H2,1-4H3,(H2,12,13). The lowest BCUT2D eigenvalue weighted by Gasteiger charge is -2.17. The Morgan fingerprint density at radius 3 is 2.60 bits per heavy atom. The molecule has 4 heteroatoms. The molecule has 15 heavy (non-hydrogen) atoms. The van der Waals surface area contributed by atoms with Gasteiger partial charge >= 0.3 is 0 Å². The van der Waals surface area contributed by atoms with Crippen LogP contribution in [0.25, 0.3) is 0 Å². The maximum atomic E-state index is 5.57. The lowest BCUT2D eigenvalue weighted by Crippen LogP contribution is -2.12. The van der Waals surface area contributed by atoms with Gasteiger partial charge in [0, 0.05) is 18.4 Å². The third-order valence-corrected chi connectivity index (χ3v) is 2.21. The van der Waals surface area contributed by atoms with Crippen molar-refractivity contribution in [1.29, 1.82) is 0 Å². The summed E-state index contributed by atoms with van der Waals surface area (Å²) in [5, 5.41) is 4.11. The van der Waals surface area contributed by atoms with Gasteiger partial charge in [0.15, 0.2) is 0 Å². The van der Waals surface area contributed by atoms with Crippen LogP contribution >= 0.6 is 0 Å². The minimum absolute atomic E-state index is 0.318. The van der Waals surface area contributed by atoms with E-state index in [0.717, 1.165) is 18.7 Å². The topological polar surface area (TPSA) is 53.1 Å². The molecule has 2 N–H and O–H groups in total. The summed E-state index contributed by atoms with van der Waals surface area (Å²) in [6, 6.07) is 1.84. The number of anilines is 1. The molecule has 0 radical (unpaired) electrons. The number of nitrogens with zero attached hydrogens (tertiary/aromatic N) is 2. The molecule has 4 nitrogen and oxygen atoms in total. The van der Waals surface area contributed by atoms with Gasteiger partial charge < -0.3 is 10.5 Å². The van der Waals surface area contributed by atoms with Crippen molar-refractivity contribution in [2.24, 2.45) is 5.41 Å². The van der Waals surface area contributed by atoms with E-state index in [-0.39, 0.29) is 0 Å². The summed E-state index contributed by atoms with van der Waals surface area (Å²) >= 11 is 0. The maximum Gasteiger partial charge on any atom is 0.145 e. The molecule has 1 aromatic rings. The Morgan fingerprint density at radius 2 is 2.13 bits per heavy atom. The fourth-order valence-electron chi connectivity index (χ4n) is 1.20. The van der Waals surface area contributed by atoms with E-state index in [9.17, 15) is 0 Å². The predicted octanol–water partition coefficient (Wildman–Crippen LogP) is 2.18. The normalized spacial score (nSPS) is 12.0. The molecule has 86 valence electrons. The third kappa shape index (κ3) is 4.34. The first-order valence-corrected chi connectivity index (χ1v) is 5.26. The first-order valence-electron chi connectivity index (χ1n) is 5.26. The van der Waals surface area contributed by atoms with Crippen LogP contribution in [0.2, 0.25) is 0 Å². The first-order chi connectivity index (χ1) is 6.88. The largest absolute Gasteiger partial charge is 0.382 e. The summed E-state index contributed by atoms with van der Waals surface area (Å²) in [4.78, 5) is 0. The quantitative estimate of drug-likeness (QED) is 0.777. The molecule has 0 saturated carbocycles. The zero-order valence-electron chi connectivity index (χ0n) is 10.1. The number of aromatic nitrogens is 2. The molecule has 0 amide bonds. The summed E-state index contributed by atoms with van der Waals surface area (Å²) in [7, 11) is 0. The van der Waals surface area contributed by atoms with Gasteiger partial charge in [-0.3, -0.25) is 0 Å². The lowest BCUT2D eigenvalue weighted by molar-refractivity contribution is 0.0508. The van der Waals surface area contributed by atoms with Crippen molar-refractivity contribution in [3.8, 4) is 0 Å². The number of rotatable bonds is 4. The minimum atomic E-state index is 0.318. The van der Waals surface area contributed by atoms with Crippen molar-refractivity contribution in [3.63, 3.8) is 0 Å². The Labute approximate surface area is 91.4 Å². The second-order valence-electron chi connectivity index (χ2n) is 5.06. The van der Waals surface area contributed by atoms with Gasteiger partial charge in [0.05, 0.1) is 0 Å². The van der Waals surface area contributed by atoms with E-state index < -0.39 is 0 Å². The number of nitrogen functional groups attached to an aromatic ring is 1. The van der Waals surface area contributed by atoms with E-state index >= 15 is 0 Å². The monoisotopic (exact) mass is 211 g/mol. The Balaban J connectivity index is 2.29. The Hall–Kier alpha value is -1.03. The molecule has 0 fully saturated rings. The molecule has 0 aliphatic rings. The van der Waals surface area contributed by atoms with Crippen LogP contribution in [0.1, 0.15) is 32.9 Å². The molecule has 0 aliphatic heterocycles. The Morgan fingerprint density at radius 1 is 1.47 bits per heavy atom. The highest BCUT2D eigenvalue weighted by molar-refractivity contribution is 5.28. The third-order valence-electron chi connectivity index (χ3n) is 2.21. The van der Waals surface area contributed by atoms with E-state index in [1.165, 1.54) is 0 Å². The van der Waals surface area contributed by atoms with E-state index in [1.54, 1.807) is 4.68 Å². The molecule has 0 spiro atoms. The van der Waals surface area contributed by atoms with Crippen molar-refractivity contribution in [1.82, 2.24) is 9.78 Å². The van der Waals surface area contributed by atoms with E-state index in [0.29, 0.717) is 18.0 Å². The number of nitrogens with two attached hydrogens (primary N) is 1. The molecule has 0 bridgehead atoms. The summed E-state index contributed by atoms with van der Waals surface area (Å²) in [5.41, 5.74) is 6.91. The van der Waals surface area contributed by atoms with Crippen LogP contribution in [0.4, 0.5) is 5.82 Å². The summed E-state index contributed by atoms with van der Waals surface area (Å²) < 4.78 is 7.31. The van der Waals surface area contributed by atoms with Crippen LogP contribution in [0, 0.1) is 12.3 Å². The molecule has 0 atom stereocenters. The van der Waals surface area contributed by atoms with Crippen molar-refractivity contribution in [3.05, 3.63) is 11.8 Å². The number of hydrogen-bond acceptors (Lipinski definition) is 3. The highest BCUT2D eigenvalue weighted by Gasteiger charge is 2.09. The SMILES string of the molecule is Cc1cc(N)nn1COCCC(C)(C)C. The fourth-order valence-corrected chi connectivity index (χ4v) is 1.20. The highest BCUT2D eigenvalue weighted by Crippen LogP contribution is 2.18. The molecular formula is C11H21N3O. The van der Waals surface area contributed by atoms with Crippen molar-refractivity contribution >= 4 is 5.82 Å². The Bertz CT molecular complexity index is 312. The molecule has 0 saturated heterocycles. The zero-order valence-corrected chi connectivity index (χ0v) is 10.1. The first kappa shape index (κ1) is 12.0. The fraction of sp³-hybridized carbons (Fsp3) is 0.727. The second kappa shape index (κ2) is 4.66. The van der Waals surface area contributed by atoms with Crippen molar-refractivity contribution < 1.29 is 4.74 Å². The van der Waals surface area contributed by atoms with E-state index in [4.69, 9.17) is 10.5 Å². The van der Waals surface area contributed by atoms with Gasteiger partial charge in [-0.15, -0.1) is 0 Å². The second-order valence-corrected chi connectivity index (χ2v) is 5.06. The highest BCUT2D eigenvalue weighted by atomic mass is 16.5. The molecule has 1 heterocycles. The van der Waals surface area contributed by atoms with Crippen LogP contribution < -0.4 is 5.73 Å². The lowest BCUT2D eigenvalue weighted by atomic mass is 9.93. The van der Waals surface area contributed by atoms with Gasteiger partial charge in [0.2, 0.25) is 0 Å².